The van der Waals surface area contributed by atoms with Gasteiger partial charge >= 0.3 is 0 Å². The number of dihydropyridines is 1. The van der Waals surface area contributed by atoms with Crippen molar-refractivity contribution >= 4 is 33.4 Å². The van der Waals surface area contributed by atoms with Gasteiger partial charge in [0.25, 0.3) is 0 Å². The fraction of sp³-hybridized carbons (Fsp3) is 0.240. The lowest BCUT2D eigenvalue weighted by Gasteiger charge is -2.34. The predicted octanol–water partition coefficient (Wildman–Crippen LogP) is 4.71. The van der Waals surface area contributed by atoms with E-state index in [-0.39, 0.29) is 0 Å². The molecule has 0 amide bonds. The number of thiophene rings is 1. The minimum absolute atomic E-state index is 0.598. The summed E-state index contributed by atoms with van der Waals surface area (Å²) in [6.45, 7) is 5.01. The zero-order chi connectivity index (χ0) is 20.5. The molecule has 5 heteroatoms. The number of hydrogen-bond acceptors (Lipinski definition) is 5. The maximum absolute atomic E-state index is 9.41. The number of nitrogens with one attached hydrogen (secondary N) is 1. The molecule has 2 aliphatic heterocycles. The van der Waals surface area contributed by atoms with E-state index in [2.05, 4.69) is 76.8 Å². The van der Waals surface area contributed by atoms with Gasteiger partial charge in [0.15, 0.2) is 0 Å². The Morgan fingerprint density at radius 2 is 1.70 bits per heavy atom. The average Bonchev–Trinajstić information content (AvgIpc) is 3.29. The van der Waals surface area contributed by atoms with E-state index in [1.54, 1.807) is 11.3 Å². The van der Waals surface area contributed by atoms with Crippen LogP contribution in [0.1, 0.15) is 4.88 Å². The number of anilines is 1. The van der Waals surface area contributed by atoms with Crippen molar-refractivity contribution < 1.29 is 0 Å². The molecular formula is C25H24N4S. The number of nitriles is 1. The highest BCUT2D eigenvalue weighted by Gasteiger charge is 2.15. The van der Waals surface area contributed by atoms with Crippen LogP contribution < -0.4 is 10.2 Å². The summed E-state index contributed by atoms with van der Waals surface area (Å²) in [5.74, 6) is 0. The molecule has 0 spiro atoms. The Morgan fingerprint density at radius 3 is 2.53 bits per heavy atom. The van der Waals surface area contributed by atoms with Crippen LogP contribution in [0.25, 0.3) is 26.8 Å². The van der Waals surface area contributed by atoms with Gasteiger partial charge in [-0.15, -0.1) is 11.3 Å². The number of likely N-dealkylation sites (N-methyl/N-ethyl adjacent to an activating group) is 1. The summed E-state index contributed by atoms with van der Waals surface area (Å²) < 4.78 is 0. The molecule has 0 saturated carbocycles. The molecule has 30 heavy (non-hydrogen) atoms. The zero-order valence-electron chi connectivity index (χ0n) is 17.1. The van der Waals surface area contributed by atoms with Crippen molar-refractivity contribution in [2.75, 3.05) is 44.7 Å². The van der Waals surface area contributed by atoms with Crippen LogP contribution in [0.5, 0.6) is 0 Å². The van der Waals surface area contributed by atoms with E-state index < -0.39 is 0 Å². The third-order valence-corrected chi connectivity index (χ3v) is 7.12. The summed E-state index contributed by atoms with van der Waals surface area (Å²) >= 11 is 1.75. The van der Waals surface area contributed by atoms with Crippen molar-refractivity contribution in [3.63, 3.8) is 0 Å². The summed E-state index contributed by atoms with van der Waals surface area (Å²) in [4.78, 5) is 7.23. The van der Waals surface area contributed by atoms with Crippen LogP contribution in [0, 0.1) is 11.3 Å². The van der Waals surface area contributed by atoms with Crippen LogP contribution >= 0.6 is 11.3 Å². The molecule has 5 rings (SSSR count). The first kappa shape index (κ1) is 18.9. The van der Waals surface area contributed by atoms with Crippen LogP contribution in [-0.4, -0.2) is 44.7 Å². The van der Waals surface area contributed by atoms with Gasteiger partial charge in [0.1, 0.15) is 0 Å². The van der Waals surface area contributed by atoms with E-state index in [0.717, 1.165) is 42.2 Å². The Hall–Kier alpha value is -3.07. The number of nitrogens with zero attached hydrogens (tertiary/aromatic N) is 3. The van der Waals surface area contributed by atoms with E-state index in [0.29, 0.717) is 6.54 Å². The molecule has 1 aromatic heterocycles. The molecule has 0 unspecified atom stereocenters. The van der Waals surface area contributed by atoms with Gasteiger partial charge in [-0.25, -0.2) is 0 Å². The predicted molar refractivity (Wildman–Crippen MR) is 127 cm³/mol. The first-order valence-corrected chi connectivity index (χ1v) is 11.1. The topological polar surface area (TPSA) is 42.3 Å². The molecular weight excluding hydrogens is 388 g/mol. The number of hydrogen-bond donors (Lipinski definition) is 1. The van der Waals surface area contributed by atoms with Gasteiger partial charge in [-0.1, -0.05) is 18.2 Å². The normalized spacial score (nSPS) is 17.3. The van der Waals surface area contributed by atoms with Gasteiger partial charge in [0, 0.05) is 47.2 Å². The van der Waals surface area contributed by atoms with Crippen molar-refractivity contribution in [3.8, 4) is 16.5 Å². The van der Waals surface area contributed by atoms with Gasteiger partial charge in [-0.2, -0.15) is 5.26 Å². The average molecular weight is 413 g/mol. The van der Waals surface area contributed by atoms with Crippen LogP contribution in [0.15, 0.2) is 66.4 Å². The minimum Gasteiger partial charge on any atom is -0.386 e. The van der Waals surface area contributed by atoms with E-state index >= 15 is 0 Å². The van der Waals surface area contributed by atoms with E-state index in [9.17, 15) is 5.26 Å². The highest BCUT2D eigenvalue weighted by molar-refractivity contribution is 7.16. The largest absolute Gasteiger partial charge is 0.386 e. The van der Waals surface area contributed by atoms with Crippen molar-refractivity contribution in [1.82, 2.24) is 10.2 Å². The molecule has 0 radical (unpaired) electrons. The summed E-state index contributed by atoms with van der Waals surface area (Å²) in [5, 5.41) is 15.1. The van der Waals surface area contributed by atoms with Crippen LogP contribution in [0.3, 0.4) is 0 Å². The third kappa shape index (κ3) is 3.60. The van der Waals surface area contributed by atoms with Gasteiger partial charge in [0.05, 0.1) is 18.2 Å². The van der Waals surface area contributed by atoms with Gasteiger partial charge < -0.3 is 15.1 Å². The third-order valence-electron chi connectivity index (χ3n) is 5.95. The highest BCUT2D eigenvalue weighted by atomic mass is 32.1. The van der Waals surface area contributed by atoms with Crippen molar-refractivity contribution in [2.24, 2.45) is 0 Å². The number of rotatable bonds is 3. The zero-order valence-corrected chi connectivity index (χ0v) is 17.9. The SMILES string of the molecule is CN1CCN(c2ccc3cc(-c4ccc(C5=C(C#N)CNC=C5)s4)ccc3c2)CC1. The van der Waals surface area contributed by atoms with Crippen molar-refractivity contribution in [3.05, 3.63) is 71.3 Å². The van der Waals surface area contributed by atoms with Gasteiger partial charge in [0.2, 0.25) is 0 Å². The summed E-state index contributed by atoms with van der Waals surface area (Å²) in [7, 11) is 2.19. The molecule has 1 fully saturated rings. The molecule has 0 atom stereocenters. The van der Waals surface area contributed by atoms with Crippen LogP contribution in [0.2, 0.25) is 0 Å². The van der Waals surface area contributed by atoms with Crippen molar-refractivity contribution in [2.45, 2.75) is 0 Å². The summed E-state index contributed by atoms with van der Waals surface area (Å²) in [6, 6.07) is 20.1. The van der Waals surface area contributed by atoms with E-state index in [4.69, 9.17) is 0 Å². The molecule has 150 valence electrons. The number of allylic oxidation sites excluding steroid dienone is 2. The van der Waals surface area contributed by atoms with E-state index in [1.807, 2.05) is 12.3 Å². The Balaban J connectivity index is 1.43. The fourth-order valence-electron chi connectivity index (χ4n) is 4.12. The van der Waals surface area contributed by atoms with Gasteiger partial charge in [-0.3, -0.25) is 0 Å². The lowest BCUT2D eigenvalue weighted by atomic mass is 10.0. The molecule has 2 aliphatic rings. The Bertz CT molecular complexity index is 1190. The lowest BCUT2D eigenvalue weighted by molar-refractivity contribution is 0.313. The Morgan fingerprint density at radius 1 is 0.933 bits per heavy atom. The molecule has 4 nitrogen and oxygen atoms in total. The van der Waals surface area contributed by atoms with Crippen LogP contribution in [0.4, 0.5) is 5.69 Å². The van der Waals surface area contributed by atoms with E-state index in [1.165, 1.54) is 26.9 Å². The number of piperazine rings is 1. The molecule has 1 N–H and O–H groups in total. The Labute approximate surface area is 181 Å². The maximum Gasteiger partial charge on any atom is 0.0972 e. The monoisotopic (exact) mass is 412 g/mol. The summed E-state index contributed by atoms with van der Waals surface area (Å²) in [6.07, 6.45) is 3.92. The first-order valence-electron chi connectivity index (χ1n) is 10.3. The maximum atomic E-state index is 9.41. The highest BCUT2D eigenvalue weighted by Crippen LogP contribution is 2.36. The second-order valence-electron chi connectivity index (χ2n) is 7.92. The van der Waals surface area contributed by atoms with Crippen LogP contribution in [-0.2, 0) is 0 Å². The molecule has 1 saturated heterocycles. The number of fused-ring (bicyclic) bond motifs is 1. The lowest BCUT2D eigenvalue weighted by Crippen LogP contribution is -2.44. The second kappa shape index (κ2) is 7.98. The first-order chi connectivity index (χ1) is 14.7. The quantitative estimate of drug-likeness (QED) is 0.676. The number of benzene rings is 2. The minimum atomic E-state index is 0.598. The fourth-order valence-corrected chi connectivity index (χ4v) is 5.17. The standard InChI is InChI=1S/C25H24N4S/c1-28-10-12-29(13-11-28)22-5-4-18-14-20(3-2-19(18)15-22)24-6-7-25(30-24)23-8-9-27-17-21(23)16-26/h2-9,14-15,27H,10-13,17H2,1H3. The molecule has 3 aromatic rings. The van der Waals surface area contributed by atoms with Gasteiger partial charge in [-0.05, 0) is 66.0 Å². The molecule has 0 bridgehead atoms. The second-order valence-corrected chi connectivity index (χ2v) is 9.00. The molecule has 2 aromatic carbocycles. The molecule has 3 heterocycles. The van der Waals surface area contributed by atoms with Crippen molar-refractivity contribution in [1.29, 1.82) is 5.26 Å². The summed E-state index contributed by atoms with van der Waals surface area (Å²) in [5.41, 5.74) is 4.37. The smallest absolute Gasteiger partial charge is 0.0972 e. The molecule has 0 aliphatic carbocycles. The Kier molecular flexibility index (Phi) is 5.04.